The van der Waals surface area contributed by atoms with Gasteiger partial charge in [-0.05, 0) is 60.4 Å². The number of hydrogen-bond donors (Lipinski definition) is 1. The Balaban J connectivity index is 1.48. The molecule has 8 heteroatoms. The van der Waals surface area contributed by atoms with Crippen molar-refractivity contribution in [3.63, 3.8) is 0 Å². The van der Waals surface area contributed by atoms with Crippen LogP contribution in [0.25, 0.3) is 17.2 Å². The van der Waals surface area contributed by atoms with Gasteiger partial charge in [0.2, 0.25) is 0 Å². The Morgan fingerprint density at radius 3 is 1.98 bits per heavy atom. The van der Waals surface area contributed by atoms with Crippen LogP contribution in [-0.4, -0.2) is 48.7 Å². The molecule has 0 fully saturated rings. The molecule has 50 heavy (non-hydrogen) atoms. The summed E-state index contributed by atoms with van der Waals surface area (Å²) in [5.74, 6) is -1.49. The molecule has 1 amide bonds. The number of alkyl carbamates (subject to hydrolysis) is 1. The fourth-order valence-corrected chi connectivity index (χ4v) is 5.90. The van der Waals surface area contributed by atoms with Crippen LogP contribution in [0, 0.1) is 11.3 Å². The number of carbonyl (C=O) groups is 4. The summed E-state index contributed by atoms with van der Waals surface area (Å²) in [4.78, 5) is 50.5. The molecule has 1 aliphatic carbocycles. The number of hydrogen-bond acceptors (Lipinski definition) is 7. The van der Waals surface area contributed by atoms with Gasteiger partial charge in [-0.3, -0.25) is 4.79 Å². The van der Waals surface area contributed by atoms with Gasteiger partial charge >= 0.3 is 18.0 Å². The van der Waals surface area contributed by atoms with Gasteiger partial charge in [-0.25, -0.2) is 14.4 Å². The lowest BCUT2D eigenvalue weighted by Crippen LogP contribution is -2.46. The minimum Gasteiger partial charge on any atom is -0.460 e. The Kier molecular flexibility index (Phi) is 12.6. The standard InChI is InChI=1S/C42H49NO7/c1-28(19-20-29-21-23-30(26-44)24-22-29)37(17-12-18-38(45)50-42(5,6)7)49-39(46)36(25-41(2,3)4)43-40(47)48-27-35-33-15-10-8-13-31(33)32-14-9-11-16-34(32)35/h8-16,18-24,26,28,35-37H,17,25,27H2,1-7H3,(H,43,47)/b18-12+,20-19+/t28-,36?,37+/m1/s1. The average Bonchev–Trinajstić information content (AvgIpc) is 3.37. The van der Waals surface area contributed by atoms with E-state index in [4.69, 9.17) is 14.2 Å². The Hall–Kier alpha value is -4.98. The summed E-state index contributed by atoms with van der Waals surface area (Å²) in [6, 6.07) is 22.3. The Labute approximate surface area is 295 Å². The van der Waals surface area contributed by atoms with Crippen molar-refractivity contribution in [2.24, 2.45) is 11.3 Å². The molecule has 0 heterocycles. The van der Waals surface area contributed by atoms with Crippen LogP contribution < -0.4 is 5.32 Å². The van der Waals surface area contributed by atoms with E-state index in [1.807, 2.05) is 88.4 Å². The van der Waals surface area contributed by atoms with Crippen LogP contribution in [0.3, 0.4) is 0 Å². The maximum Gasteiger partial charge on any atom is 0.407 e. The molecular formula is C42H49NO7. The molecule has 264 valence electrons. The highest BCUT2D eigenvalue weighted by Crippen LogP contribution is 2.44. The second-order valence-corrected chi connectivity index (χ2v) is 14.9. The van der Waals surface area contributed by atoms with Gasteiger partial charge in [0.15, 0.2) is 0 Å². The van der Waals surface area contributed by atoms with Crippen LogP contribution in [0.4, 0.5) is 4.79 Å². The molecule has 0 bridgehead atoms. The van der Waals surface area contributed by atoms with Crippen molar-refractivity contribution in [2.45, 2.75) is 85.0 Å². The lowest BCUT2D eigenvalue weighted by Gasteiger charge is -2.28. The maximum atomic E-state index is 13.8. The molecular weight excluding hydrogens is 630 g/mol. The third kappa shape index (κ3) is 11.0. The highest BCUT2D eigenvalue weighted by atomic mass is 16.6. The third-order valence-electron chi connectivity index (χ3n) is 8.28. The zero-order valence-electron chi connectivity index (χ0n) is 30.1. The number of ether oxygens (including phenoxy) is 3. The number of nitrogens with one attached hydrogen (secondary N) is 1. The van der Waals surface area contributed by atoms with Crippen LogP contribution >= 0.6 is 0 Å². The first-order chi connectivity index (χ1) is 23.6. The fraction of sp³-hybridized carbons (Fsp3) is 0.381. The van der Waals surface area contributed by atoms with E-state index in [0.29, 0.717) is 12.0 Å². The Morgan fingerprint density at radius 1 is 0.840 bits per heavy atom. The molecule has 0 saturated carbocycles. The smallest absolute Gasteiger partial charge is 0.407 e. The van der Waals surface area contributed by atoms with Crippen LogP contribution in [-0.2, 0) is 23.8 Å². The summed E-state index contributed by atoms with van der Waals surface area (Å²) in [5, 5.41) is 2.78. The van der Waals surface area contributed by atoms with Gasteiger partial charge in [-0.2, -0.15) is 0 Å². The summed E-state index contributed by atoms with van der Waals surface area (Å²) in [6.07, 6.45) is 6.72. The van der Waals surface area contributed by atoms with E-state index in [2.05, 4.69) is 17.4 Å². The first kappa shape index (κ1) is 37.8. The molecule has 0 spiro atoms. The van der Waals surface area contributed by atoms with Crippen LogP contribution in [0.5, 0.6) is 0 Å². The molecule has 1 aliphatic rings. The highest BCUT2D eigenvalue weighted by Gasteiger charge is 2.33. The summed E-state index contributed by atoms with van der Waals surface area (Å²) < 4.78 is 17.2. The second kappa shape index (κ2) is 16.6. The number of fused-ring (bicyclic) bond motifs is 3. The van der Waals surface area contributed by atoms with Crippen molar-refractivity contribution in [1.29, 1.82) is 0 Å². The minimum absolute atomic E-state index is 0.116. The maximum absolute atomic E-state index is 13.8. The summed E-state index contributed by atoms with van der Waals surface area (Å²) in [6.45, 7) is 13.3. The molecule has 0 radical (unpaired) electrons. The van der Waals surface area contributed by atoms with E-state index in [0.717, 1.165) is 34.1 Å². The number of rotatable bonds is 13. The van der Waals surface area contributed by atoms with Crippen LogP contribution in [0.15, 0.2) is 91.0 Å². The predicted molar refractivity (Wildman–Crippen MR) is 196 cm³/mol. The third-order valence-corrected chi connectivity index (χ3v) is 8.28. The lowest BCUT2D eigenvalue weighted by atomic mass is 9.88. The van der Waals surface area contributed by atoms with E-state index < -0.39 is 35.8 Å². The van der Waals surface area contributed by atoms with E-state index in [-0.39, 0.29) is 30.3 Å². The summed E-state index contributed by atoms with van der Waals surface area (Å²) >= 11 is 0. The van der Waals surface area contributed by atoms with Gasteiger partial charge in [-0.1, -0.05) is 119 Å². The fourth-order valence-electron chi connectivity index (χ4n) is 5.90. The first-order valence-corrected chi connectivity index (χ1v) is 17.1. The van der Waals surface area contributed by atoms with Gasteiger partial charge in [-0.15, -0.1) is 0 Å². The van der Waals surface area contributed by atoms with Crippen molar-refractivity contribution < 1.29 is 33.4 Å². The molecule has 1 unspecified atom stereocenters. The lowest BCUT2D eigenvalue weighted by molar-refractivity contribution is -0.153. The van der Waals surface area contributed by atoms with Crippen molar-refractivity contribution in [3.8, 4) is 11.1 Å². The highest BCUT2D eigenvalue weighted by molar-refractivity contribution is 5.83. The second-order valence-electron chi connectivity index (χ2n) is 14.9. The van der Waals surface area contributed by atoms with E-state index in [1.165, 1.54) is 6.08 Å². The Morgan fingerprint density at radius 2 is 1.42 bits per heavy atom. The van der Waals surface area contributed by atoms with Crippen LogP contribution in [0.1, 0.15) is 94.3 Å². The SMILES string of the molecule is C[C@H](/C=C/c1ccc(C=O)cc1)[C@H](C/C=C/C(=O)OC(C)(C)C)OC(=O)C(CC(C)(C)C)NC(=O)OCC1c2ccccc2-c2ccccc21. The first-order valence-electron chi connectivity index (χ1n) is 17.1. The summed E-state index contributed by atoms with van der Waals surface area (Å²) in [7, 11) is 0. The predicted octanol–water partition coefficient (Wildman–Crippen LogP) is 8.69. The number of esters is 2. The van der Waals surface area contributed by atoms with E-state index in [9.17, 15) is 19.2 Å². The summed E-state index contributed by atoms with van der Waals surface area (Å²) in [5.41, 5.74) is 4.91. The van der Waals surface area contributed by atoms with Gasteiger partial charge < -0.3 is 19.5 Å². The van der Waals surface area contributed by atoms with Crippen molar-refractivity contribution in [3.05, 3.63) is 113 Å². The molecule has 0 aromatic heterocycles. The van der Waals surface area contributed by atoms with Crippen LogP contribution in [0.2, 0.25) is 0 Å². The molecule has 8 nitrogen and oxygen atoms in total. The van der Waals surface area contributed by atoms with Gasteiger partial charge in [0, 0.05) is 29.9 Å². The van der Waals surface area contributed by atoms with Gasteiger partial charge in [0.05, 0.1) is 0 Å². The zero-order chi connectivity index (χ0) is 36.5. The average molecular weight is 680 g/mol. The zero-order valence-corrected chi connectivity index (χ0v) is 30.1. The topological polar surface area (TPSA) is 108 Å². The van der Waals surface area contributed by atoms with Gasteiger partial charge in [0.25, 0.3) is 0 Å². The monoisotopic (exact) mass is 679 g/mol. The molecule has 0 aliphatic heterocycles. The normalized spacial score (nSPS) is 14.8. The minimum atomic E-state index is -0.977. The Bertz CT molecular complexity index is 1660. The van der Waals surface area contributed by atoms with Crippen molar-refractivity contribution in [2.75, 3.05) is 6.61 Å². The number of amides is 1. The number of carbonyl (C=O) groups excluding carboxylic acids is 4. The quantitative estimate of drug-likeness (QED) is 0.0834. The molecule has 1 N–H and O–H groups in total. The van der Waals surface area contributed by atoms with E-state index >= 15 is 0 Å². The molecule has 0 saturated heterocycles. The van der Waals surface area contributed by atoms with Crippen molar-refractivity contribution in [1.82, 2.24) is 5.32 Å². The molecule has 3 atom stereocenters. The number of aldehydes is 1. The molecule has 3 aromatic carbocycles. The van der Waals surface area contributed by atoms with Gasteiger partial charge in [0.1, 0.15) is 30.6 Å². The largest absolute Gasteiger partial charge is 0.460 e. The van der Waals surface area contributed by atoms with E-state index in [1.54, 1.807) is 39.0 Å². The number of benzene rings is 3. The molecule has 3 aromatic rings. The van der Waals surface area contributed by atoms with Crippen molar-refractivity contribution >= 4 is 30.4 Å². The molecule has 4 rings (SSSR count).